The van der Waals surface area contributed by atoms with Gasteiger partial charge in [0, 0.05) is 11.1 Å². The van der Waals surface area contributed by atoms with Gasteiger partial charge in [-0.15, -0.1) is 0 Å². The number of aliphatic hydroxyl groups excluding tert-OH is 5. The molecule has 1 fully saturated rings. The van der Waals surface area contributed by atoms with Gasteiger partial charge in [-0.1, -0.05) is 12.1 Å². The number of ether oxygens (including phenoxy) is 1. The number of nitrogens with zero attached hydrogens (tertiary/aromatic N) is 2. The lowest BCUT2D eigenvalue weighted by Gasteiger charge is -2.40. The molecule has 182 valence electrons. The van der Waals surface area contributed by atoms with E-state index in [-0.39, 0.29) is 30.0 Å². The van der Waals surface area contributed by atoms with Crippen molar-refractivity contribution in [3.63, 3.8) is 0 Å². The highest BCUT2D eigenvalue weighted by Gasteiger charge is 2.46. The molecule has 1 aliphatic rings. The average molecular weight is 474 g/mol. The van der Waals surface area contributed by atoms with Crippen molar-refractivity contribution in [2.24, 2.45) is 0 Å². The molecule has 8 N–H and O–H groups in total. The van der Waals surface area contributed by atoms with Crippen molar-refractivity contribution in [2.75, 3.05) is 13.2 Å². The summed E-state index contributed by atoms with van der Waals surface area (Å²) in [5.74, 6) is -0.862. The second-order valence-corrected chi connectivity index (χ2v) is 8.04. The van der Waals surface area contributed by atoms with Crippen LogP contribution in [0.15, 0.2) is 42.6 Å². The Morgan fingerprint density at radius 3 is 2.21 bits per heavy atom. The maximum atomic E-state index is 11.2. The quantitative estimate of drug-likeness (QED) is 0.238. The third-order valence-electron chi connectivity index (χ3n) is 5.96. The van der Waals surface area contributed by atoms with Gasteiger partial charge in [0.15, 0.2) is 0 Å². The minimum atomic E-state index is -1.72. The largest absolute Gasteiger partial charge is 0.508 e. The summed E-state index contributed by atoms with van der Waals surface area (Å²) in [6.45, 7) is -0.831. The van der Waals surface area contributed by atoms with E-state index in [1.807, 2.05) is 0 Å². The van der Waals surface area contributed by atoms with Crippen molar-refractivity contribution < 1.29 is 45.6 Å². The summed E-state index contributed by atoms with van der Waals surface area (Å²) >= 11 is 0. The first-order valence-corrected chi connectivity index (χ1v) is 10.6. The normalized spacial score (nSPS) is 24.9. The van der Waals surface area contributed by atoms with E-state index in [9.17, 15) is 40.9 Å². The molecule has 5 unspecified atom stereocenters. The summed E-state index contributed by atoms with van der Waals surface area (Å²) in [6, 6.07) is 8.96. The Hall–Kier alpha value is -3.19. The van der Waals surface area contributed by atoms with Crippen molar-refractivity contribution in [2.45, 2.75) is 37.1 Å². The fourth-order valence-corrected chi connectivity index (χ4v) is 4.20. The van der Waals surface area contributed by atoms with Crippen molar-refractivity contribution in [3.8, 4) is 39.6 Å². The molecule has 34 heavy (non-hydrogen) atoms. The monoisotopic (exact) mass is 474 g/mol. The zero-order valence-electron chi connectivity index (χ0n) is 17.9. The van der Waals surface area contributed by atoms with Gasteiger partial charge in [-0.3, -0.25) is 4.68 Å². The van der Waals surface area contributed by atoms with Crippen LogP contribution in [0.1, 0.15) is 11.7 Å². The first kappa shape index (κ1) is 24.0. The minimum absolute atomic E-state index is 0.0606. The number of rotatable bonds is 6. The molecule has 5 atom stereocenters. The van der Waals surface area contributed by atoms with E-state index in [0.717, 1.165) is 0 Å². The van der Waals surface area contributed by atoms with Gasteiger partial charge < -0.3 is 45.6 Å². The second kappa shape index (κ2) is 9.58. The fourth-order valence-electron chi connectivity index (χ4n) is 4.20. The van der Waals surface area contributed by atoms with Gasteiger partial charge in [0.2, 0.25) is 0 Å². The second-order valence-electron chi connectivity index (χ2n) is 8.04. The van der Waals surface area contributed by atoms with Crippen LogP contribution in [0.3, 0.4) is 0 Å². The third-order valence-corrected chi connectivity index (χ3v) is 5.96. The highest BCUT2D eigenvalue weighted by Crippen LogP contribution is 2.47. The van der Waals surface area contributed by atoms with Crippen molar-refractivity contribution >= 4 is 0 Å². The summed E-state index contributed by atoms with van der Waals surface area (Å²) in [5.41, 5.74) is 1.51. The number of aromatic hydroxyl groups is 3. The molecule has 0 saturated carbocycles. The van der Waals surface area contributed by atoms with Gasteiger partial charge in [-0.2, -0.15) is 5.10 Å². The number of phenolic OH excluding ortho intramolecular Hbond substituents is 3. The van der Waals surface area contributed by atoms with E-state index in [0.29, 0.717) is 16.8 Å². The molecule has 4 rings (SSSR count). The predicted octanol–water partition coefficient (Wildman–Crippen LogP) is -0.159. The number of benzene rings is 2. The van der Waals surface area contributed by atoms with Crippen LogP contribution in [0.25, 0.3) is 22.4 Å². The van der Waals surface area contributed by atoms with Crippen LogP contribution in [0.4, 0.5) is 0 Å². The molecule has 1 aliphatic heterocycles. The van der Waals surface area contributed by atoms with Gasteiger partial charge >= 0.3 is 0 Å². The van der Waals surface area contributed by atoms with E-state index < -0.39 is 48.6 Å². The van der Waals surface area contributed by atoms with Crippen LogP contribution >= 0.6 is 0 Å². The Kier molecular flexibility index (Phi) is 6.75. The van der Waals surface area contributed by atoms with Crippen LogP contribution < -0.4 is 0 Å². The minimum Gasteiger partial charge on any atom is -0.508 e. The van der Waals surface area contributed by atoms with Gasteiger partial charge in [0.05, 0.1) is 37.2 Å². The fraction of sp³-hybridized carbons (Fsp3) is 0.348. The number of hydrogen-bond donors (Lipinski definition) is 8. The van der Waals surface area contributed by atoms with Gasteiger partial charge in [0.1, 0.15) is 47.8 Å². The molecule has 0 spiro atoms. The van der Waals surface area contributed by atoms with Crippen LogP contribution in [-0.2, 0) is 11.3 Å². The van der Waals surface area contributed by atoms with Crippen molar-refractivity contribution in [3.05, 3.63) is 48.2 Å². The van der Waals surface area contributed by atoms with E-state index in [1.165, 1.54) is 35.1 Å². The van der Waals surface area contributed by atoms with E-state index in [2.05, 4.69) is 5.10 Å². The lowest BCUT2D eigenvalue weighted by Crippen LogP contribution is -2.55. The number of aromatic nitrogens is 2. The summed E-state index contributed by atoms with van der Waals surface area (Å²) in [6.07, 6.45) is -6.21. The Labute approximate surface area is 194 Å². The lowest BCUT2D eigenvalue weighted by atomic mass is 9.88. The maximum absolute atomic E-state index is 11.2. The van der Waals surface area contributed by atoms with E-state index >= 15 is 0 Å². The van der Waals surface area contributed by atoms with E-state index in [1.54, 1.807) is 12.1 Å². The lowest BCUT2D eigenvalue weighted by molar-refractivity contribution is -0.232. The smallest absolute Gasteiger partial charge is 0.134 e. The van der Waals surface area contributed by atoms with Crippen LogP contribution in [0, 0.1) is 0 Å². The van der Waals surface area contributed by atoms with Gasteiger partial charge in [0.25, 0.3) is 0 Å². The van der Waals surface area contributed by atoms with Crippen LogP contribution in [0.5, 0.6) is 17.2 Å². The predicted molar refractivity (Wildman–Crippen MR) is 118 cm³/mol. The molecular formula is C23H26N2O9. The summed E-state index contributed by atoms with van der Waals surface area (Å²) in [4.78, 5) is 0. The molecule has 0 aliphatic carbocycles. The molecule has 2 heterocycles. The first-order valence-electron chi connectivity index (χ1n) is 10.6. The SMILES string of the molecule is OCCn1ncc(-c2ccc(O)cc2)c1-c1ccc(O)c(C2OC(CO)C(O)C(O)C2O)c1O. The molecule has 11 nitrogen and oxygen atoms in total. The van der Waals surface area contributed by atoms with Crippen molar-refractivity contribution in [1.82, 2.24) is 9.78 Å². The highest BCUT2D eigenvalue weighted by atomic mass is 16.5. The Bertz CT molecular complexity index is 1150. The van der Waals surface area contributed by atoms with Crippen molar-refractivity contribution in [1.29, 1.82) is 0 Å². The molecule has 0 amide bonds. The van der Waals surface area contributed by atoms with Gasteiger partial charge in [-0.05, 0) is 29.8 Å². The first-order chi connectivity index (χ1) is 16.3. The molecule has 3 aromatic rings. The maximum Gasteiger partial charge on any atom is 0.134 e. The highest BCUT2D eigenvalue weighted by molar-refractivity contribution is 5.85. The van der Waals surface area contributed by atoms with Crippen LogP contribution in [0.2, 0.25) is 0 Å². The number of phenols is 3. The molecule has 11 heteroatoms. The topological polar surface area (TPSA) is 189 Å². The molecular weight excluding hydrogens is 448 g/mol. The van der Waals surface area contributed by atoms with Crippen LogP contribution in [-0.4, -0.2) is 88.3 Å². The molecule has 1 aromatic heterocycles. The molecule has 0 radical (unpaired) electrons. The summed E-state index contributed by atoms with van der Waals surface area (Å²) < 4.78 is 6.99. The summed E-state index contributed by atoms with van der Waals surface area (Å²) in [5, 5.41) is 85.4. The molecule has 1 saturated heterocycles. The van der Waals surface area contributed by atoms with E-state index in [4.69, 9.17) is 4.74 Å². The summed E-state index contributed by atoms with van der Waals surface area (Å²) in [7, 11) is 0. The number of aliphatic hydroxyl groups is 5. The third kappa shape index (κ3) is 4.09. The number of hydrogen-bond acceptors (Lipinski definition) is 10. The molecule has 2 aromatic carbocycles. The standard InChI is InChI=1S/C23H26N2O9/c26-8-7-25-18(14(9-24-25)11-1-3-12(28)4-2-11)13-5-6-15(29)17(19(13)30)23-22(33)21(32)20(31)16(10-27)34-23/h1-6,9,16,20-23,26-33H,7-8,10H2. The molecule has 0 bridgehead atoms. The van der Waals surface area contributed by atoms with Gasteiger partial charge in [-0.25, -0.2) is 0 Å². The Balaban J connectivity index is 1.87. The Morgan fingerprint density at radius 1 is 0.853 bits per heavy atom. The zero-order chi connectivity index (χ0) is 24.6. The average Bonchev–Trinajstić information content (AvgIpc) is 3.23. The Morgan fingerprint density at radius 2 is 1.56 bits per heavy atom. The zero-order valence-corrected chi connectivity index (χ0v) is 17.9.